The molecule has 6 aromatic rings. The quantitative estimate of drug-likeness (QED) is 0.251. The molecule has 2 saturated carbocycles. The molecule has 1 saturated heterocycles. The maximum absolute atomic E-state index is 13.8. The largest absolute Gasteiger partial charge is 0.494 e. The molecule has 232 valence electrons. The molecule has 9 rings (SSSR count). The van der Waals surface area contributed by atoms with Crippen LogP contribution in [0.15, 0.2) is 71.5 Å². The van der Waals surface area contributed by atoms with E-state index in [4.69, 9.17) is 15.5 Å². The highest BCUT2D eigenvalue weighted by Crippen LogP contribution is 2.41. The Hall–Kier alpha value is -4.89. The summed E-state index contributed by atoms with van der Waals surface area (Å²) >= 11 is 0. The third-order valence-corrected chi connectivity index (χ3v) is 10.6. The van der Waals surface area contributed by atoms with Gasteiger partial charge in [-0.3, -0.25) is 9.59 Å². The number of methoxy groups -OCH3 is 1. The summed E-state index contributed by atoms with van der Waals surface area (Å²) in [5.41, 5.74) is 13.8. The summed E-state index contributed by atoms with van der Waals surface area (Å²) in [5.74, 6) is 2.52. The number of hydrogen-bond acceptors (Lipinski definition) is 5. The molecule has 3 aromatic heterocycles. The van der Waals surface area contributed by atoms with E-state index >= 15 is 0 Å². The monoisotopic (exact) mass is 612 g/mol. The molecule has 3 aromatic carbocycles. The molecule has 0 spiro atoms. The molecule has 46 heavy (non-hydrogen) atoms. The molecule has 3 fully saturated rings. The minimum Gasteiger partial charge on any atom is -0.494 e. The highest BCUT2D eigenvalue weighted by molar-refractivity contribution is 6.01. The Labute approximate surface area is 265 Å². The summed E-state index contributed by atoms with van der Waals surface area (Å²) in [4.78, 5) is 35.6. The van der Waals surface area contributed by atoms with Gasteiger partial charge in [0.25, 0.3) is 5.91 Å². The molecule has 9 nitrogen and oxygen atoms in total. The number of aryl methyl sites for hydroxylation is 1. The van der Waals surface area contributed by atoms with Gasteiger partial charge in [0.2, 0.25) is 5.56 Å². The zero-order valence-corrected chi connectivity index (χ0v) is 26.0. The Kier molecular flexibility index (Phi) is 5.99. The number of fused-ring (bicyclic) bond motifs is 5. The molecule has 1 aliphatic heterocycles. The van der Waals surface area contributed by atoms with Crippen LogP contribution in [0.5, 0.6) is 5.75 Å². The number of benzene rings is 3. The molecule has 3 aliphatic rings. The van der Waals surface area contributed by atoms with Crippen LogP contribution in [0.2, 0.25) is 0 Å². The van der Waals surface area contributed by atoms with Crippen LogP contribution in [0.1, 0.15) is 36.0 Å². The van der Waals surface area contributed by atoms with Gasteiger partial charge in [-0.25, -0.2) is 4.98 Å². The molecule has 3 unspecified atom stereocenters. The molecule has 2 bridgehead atoms. The summed E-state index contributed by atoms with van der Waals surface area (Å²) in [6.07, 6.45) is 4.53. The number of imidazole rings is 1. The van der Waals surface area contributed by atoms with Gasteiger partial charge < -0.3 is 29.5 Å². The van der Waals surface area contributed by atoms with Crippen molar-refractivity contribution < 1.29 is 9.53 Å². The first kappa shape index (κ1) is 27.4. The number of hydrogen-bond donors (Lipinski definition) is 2. The number of carbonyl (C=O) groups is 1. The number of carbonyl (C=O) groups excluding carboxylic acids is 1. The minimum atomic E-state index is -0.0994. The van der Waals surface area contributed by atoms with E-state index in [2.05, 4.69) is 50.5 Å². The zero-order chi connectivity index (χ0) is 31.3. The lowest BCUT2D eigenvalue weighted by atomic mass is 10.0. The predicted molar refractivity (Wildman–Crippen MR) is 180 cm³/mol. The highest BCUT2D eigenvalue weighted by atomic mass is 16.5. The third-order valence-electron chi connectivity index (χ3n) is 10.6. The molecular formula is C37H36N6O3. The number of pyridine rings is 1. The van der Waals surface area contributed by atoms with Crippen LogP contribution < -0.4 is 16.0 Å². The smallest absolute Gasteiger partial charge is 0.254 e. The predicted octanol–water partition coefficient (Wildman–Crippen LogP) is 5.68. The van der Waals surface area contributed by atoms with Crippen LogP contribution in [0.4, 0.5) is 0 Å². The van der Waals surface area contributed by atoms with Crippen molar-refractivity contribution in [3.63, 3.8) is 0 Å². The number of aromatic amines is 1. The Morgan fingerprint density at radius 1 is 0.978 bits per heavy atom. The zero-order valence-electron chi connectivity index (χ0n) is 26.0. The number of nitrogens with one attached hydrogen (secondary N) is 1. The number of rotatable bonds is 6. The van der Waals surface area contributed by atoms with Gasteiger partial charge in [0.15, 0.2) is 5.82 Å². The van der Waals surface area contributed by atoms with Crippen molar-refractivity contribution in [2.45, 2.75) is 44.3 Å². The van der Waals surface area contributed by atoms with Crippen LogP contribution in [0.25, 0.3) is 55.5 Å². The van der Waals surface area contributed by atoms with Crippen LogP contribution in [-0.2, 0) is 13.6 Å². The number of nitrogens with two attached hydrogens (primary N) is 1. The first-order valence-corrected chi connectivity index (χ1v) is 16.2. The Morgan fingerprint density at radius 3 is 2.54 bits per heavy atom. The van der Waals surface area contributed by atoms with E-state index in [0.29, 0.717) is 23.1 Å². The topological polar surface area (TPSA) is 111 Å². The normalized spacial score (nSPS) is 20.8. The van der Waals surface area contributed by atoms with Crippen LogP contribution >= 0.6 is 0 Å². The number of aromatic nitrogens is 4. The van der Waals surface area contributed by atoms with E-state index in [1.807, 2.05) is 36.2 Å². The first-order valence-electron chi connectivity index (χ1n) is 16.2. The Morgan fingerprint density at radius 2 is 1.78 bits per heavy atom. The molecule has 9 heteroatoms. The number of amides is 1. The van der Waals surface area contributed by atoms with Crippen LogP contribution in [-0.4, -0.2) is 55.6 Å². The Bertz CT molecular complexity index is 2270. The summed E-state index contributed by atoms with van der Waals surface area (Å²) in [5, 5.41) is 2.15. The first-order chi connectivity index (χ1) is 22.4. The van der Waals surface area contributed by atoms with Crippen molar-refractivity contribution in [2.24, 2.45) is 24.6 Å². The maximum Gasteiger partial charge on any atom is 0.254 e. The summed E-state index contributed by atoms with van der Waals surface area (Å²) in [7, 11) is 3.68. The molecular weight excluding hydrogens is 576 g/mol. The number of likely N-dealkylation sites (tertiary alicyclic amines) is 1. The molecule has 0 radical (unpaired) electrons. The molecule has 3 N–H and O–H groups in total. The second-order valence-corrected chi connectivity index (χ2v) is 13.5. The van der Waals surface area contributed by atoms with E-state index in [0.717, 1.165) is 81.4 Å². The van der Waals surface area contributed by atoms with Crippen molar-refractivity contribution in [2.75, 3.05) is 13.7 Å². The summed E-state index contributed by atoms with van der Waals surface area (Å²) in [6.45, 7) is 1.64. The van der Waals surface area contributed by atoms with Gasteiger partial charge in [-0.05, 0) is 96.5 Å². The second-order valence-electron chi connectivity index (χ2n) is 13.5. The van der Waals surface area contributed by atoms with Gasteiger partial charge in [0, 0.05) is 60.3 Å². The van der Waals surface area contributed by atoms with Gasteiger partial charge in [0.1, 0.15) is 11.3 Å². The summed E-state index contributed by atoms with van der Waals surface area (Å²) in [6, 6.07) is 22.4. The number of piperidine rings is 1. The van der Waals surface area contributed by atoms with Crippen molar-refractivity contribution in [1.29, 1.82) is 0 Å². The second kappa shape index (κ2) is 10.1. The van der Waals surface area contributed by atoms with Gasteiger partial charge >= 0.3 is 0 Å². The lowest BCUT2D eigenvalue weighted by molar-refractivity contribution is 0.0700. The van der Waals surface area contributed by atoms with Crippen LogP contribution in [0.3, 0.4) is 0 Å². The van der Waals surface area contributed by atoms with E-state index in [-0.39, 0.29) is 23.6 Å². The fraction of sp³-hybridized carbons (Fsp3) is 0.324. The van der Waals surface area contributed by atoms with Gasteiger partial charge in [0.05, 0.1) is 18.3 Å². The minimum absolute atomic E-state index is 0.00507. The average Bonchev–Trinajstić information content (AvgIpc) is 3.47. The van der Waals surface area contributed by atoms with Crippen molar-refractivity contribution in [1.82, 2.24) is 24.0 Å². The lowest BCUT2D eigenvalue weighted by Gasteiger charge is -2.27. The summed E-state index contributed by atoms with van der Waals surface area (Å²) < 4.78 is 10.4. The number of ether oxygens (including phenoxy) is 1. The third kappa shape index (κ3) is 4.21. The van der Waals surface area contributed by atoms with E-state index in [1.165, 1.54) is 12.8 Å². The number of nitrogens with zero attached hydrogens (tertiary/aromatic N) is 4. The van der Waals surface area contributed by atoms with Gasteiger partial charge in [-0.15, -0.1) is 0 Å². The van der Waals surface area contributed by atoms with Gasteiger partial charge in [-0.1, -0.05) is 18.2 Å². The molecule has 1 amide bonds. The maximum atomic E-state index is 13.8. The Balaban J connectivity index is 1.15. The van der Waals surface area contributed by atoms with Crippen molar-refractivity contribution in [3.05, 3.63) is 82.6 Å². The fourth-order valence-corrected chi connectivity index (χ4v) is 7.98. The highest BCUT2D eigenvalue weighted by Gasteiger charge is 2.47. The average molecular weight is 613 g/mol. The molecule has 3 atom stereocenters. The standard InChI is InChI=1S/C37H36N6O3/c1-41-35-28(14-26(17-32(35)46-2)37(45)43-19-25-8-11-29(43)34(25)38)40-36(41)31-16-24-6-5-22(15-30(24)42(31)18-20-3-4-20)21-7-10-27-23(13-21)9-12-33(44)39-27/h5-7,9-10,12-17,20,25,29,34H,3-4,8,11,18-19,38H2,1-2H3,(H,39,44). The van der Waals surface area contributed by atoms with Crippen LogP contribution in [0, 0.1) is 11.8 Å². The van der Waals surface area contributed by atoms with E-state index in [9.17, 15) is 9.59 Å². The molecule has 4 heterocycles. The van der Waals surface area contributed by atoms with E-state index < -0.39 is 0 Å². The van der Waals surface area contributed by atoms with Crippen molar-refractivity contribution >= 4 is 38.7 Å². The SMILES string of the molecule is COc1cc(C(=O)N2CC3CCC2C3N)cc2nc(-c3cc4ccc(-c5ccc6[nH]c(=O)ccc6c5)cc4n3CC3CC3)n(C)c12. The van der Waals surface area contributed by atoms with Gasteiger partial charge in [-0.2, -0.15) is 0 Å². The van der Waals surface area contributed by atoms with Crippen molar-refractivity contribution in [3.8, 4) is 28.4 Å². The fourth-order valence-electron chi connectivity index (χ4n) is 7.98. The lowest BCUT2D eigenvalue weighted by Crippen LogP contribution is -2.41. The molecule has 2 aliphatic carbocycles. The number of H-pyrrole nitrogens is 1. The van der Waals surface area contributed by atoms with E-state index in [1.54, 1.807) is 13.2 Å².